The van der Waals surface area contributed by atoms with Gasteiger partial charge in [0.2, 0.25) is 0 Å². The summed E-state index contributed by atoms with van der Waals surface area (Å²) in [7, 11) is 0. The molecule has 0 saturated carbocycles. The molecule has 2 heterocycles. The summed E-state index contributed by atoms with van der Waals surface area (Å²) in [6.45, 7) is 4.95. The number of hydrogen-bond acceptors (Lipinski definition) is 4. The fourth-order valence-electron chi connectivity index (χ4n) is 2.10. The summed E-state index contributed by atoms with van der Waals surface area (Å²) < 4.78 is 0. The average Bonchev–Trinajstić information content (AvgIpc) is 2.75. The van der Waals surface area contributed by atoms with E-state index in [9.17, 15) is 9.59 Å². The van der Waals surface area contributed by atoms with Gasteiger partial charge in [0.05, 0.1) is 11.2 Å². The van der Waals surface area contributed by atoms with E-state index in [1.807, 2.05) is 13.8 Å². The minimum Gasteiger partial charge on any atom is -0.337 e. The fraction of sp³-hybridized carbons (Fsp3) is 0.583. The van der Waals surface area contributed by atoms with Crippen LogP contribution in [-0.2, 0) is 4.79 Å². The van der Waals surface area contributed by atoms with Gasteiger partial charge in [0.15, 0.2) is 0 Å². The number of aromatic nitrogens is 1. The number of amides is 1. The van der Waals surface area contributed by atoms with Crippen molar-refractivity contribution in [3.05, 3.63) is 16.1 Å². The van der Waals surface area contributed by atoms with Gasteiger partial charge in [-0.3, -0.25) is 9.59 Å². The quantitative estimate of drug-likeness (QED) is 0.807. The van der Waals surface area contributed by atoms with E-state index in [0.717, 1.165) is 12.1 Å². The van der Waals surface area contributed by atoms with Crippen molar-refractivity contribution < 1.29 is 9.59 Å². The third-order valence-electron chi connectivity index (χ3n) is 3.24. The van der Waals surface area contributed by atoms with Crippen LogP contribution < -0.4 is 0 Å². The summed E-state index contributed by atoms with van der Waals surface area (Å²) in [5, 5.41) is 0. The van der Waals surface area contributed by atoms with Crippen LogP contribution in [0.2, 0.25) is 0 Å². The maximum absolute atomic E-state index is 12.2. The molecule has 17 heavy (non-hydrogen) atoms. The number of nitrogens with zero attached hydrogens (tertiary/aromatic N) is 2. The Morgan fingerprint density at radius 3 is 3.00 bits per heavy atom. The van der Waals surface area contributed by atoms with Crippen molar-refractivity contribution >= 4 is 23.0 Å². The molecule has 5 heteroatoms. The normalized spacial score (nSPS) is 20.7. The van der Waals surface area contributed by atoms with Gasteiger partial charge in [0.1, 0.15) is 10.7 Å². The first-order chi connectivity index (χ1) is 8.13. The third-order valence-corrected chi connectivity index (χ3v) is 4.16. The Morgan fingerprint density at radius 1 is 1.65 bits per heavy atom. The first kappa shape index (κ1) is 12.2. The maximum atomic E-state index is 12.2. The molecule has 1 saturated heterocycles. The first-order valence-corrected chi connectivity index (χ1v) is 6.73. The van der Waals surface area contributed by atoms with Gasteiger partial charge >= 0.3 is 0 Å². The number of carbonyl (C=O) groups excluding carboxylic acids is 2. The molecular formula is C12H16N2O2S. The van der Waals surface area contributed by atoms with Crippen LogP contribution in [0.4, 0.5) is 0 Å². The summed E-state index contributed by atoms with van der Waals surface area (Å²) in [5.74, 6) is 0.328. The van der Waals surface area contributed by atoms with E-state index < -0.39 is 0 Å². The summed E-state index contributed by atoms with van der Waals surface area (Å²) in [5.41, 5.74) is 2.47. The minimum absolute atomic E-state index is 0.0147. The number of ketones is 1. The topological polar surface area (TPSA) is 50.3 Å². The van der Waals surface area contributed by atoms with Gasteiger partial charge in [-0.05, 0) is 13.3 Å². The number of hydrogen-bond donors (Lipinski definition) is 0. The van der Waals surface area contributed by atoms with Crippen molar-refractivity contribution in [2.45, 2.75) is 26.7 Å². The molecule has 0 aromatic carbocycles. The van der Waals surface area contributed by atoms with E-state index >= 15 is 0 Å². The average molecular weight is 252 g/mol. The van der Waals surface area contributed by atoms with Gasteiger partial charge in [0.25, 0.3) is 5.91 Å². The predicted octanol–water partition coefficient (Wildman–Crippen LogP) is 1.89. The van der Waals surface area contributed by atoms with E-state index in [0.29, 0.717) is 24.4 Å². The van der Waals surface area contributed by atoms with E-state index in [4.69, 9.17) is 0 Å². The van der Waals surface area contributed by atoms with Crippen LogP contribution in [0.25, 0.3) is 0 Å². The van der Waals surface area contributed by atoms with E-state index in [1.165, 1.54) is 11.3 Å². The van der Waals surface area contributed by atoms with E-state index in [1.54, 1.807) is 10.4 Å². The van der Waals surface area contributed by atoms with Crippen LogP contribution in [0, 0.1) is 12.8 Å². The maximum Gasteiger partial charge on any atom is 0.265 e. The monoisotopic (exact) mass is 252 g/mol. The number of aryl methyl sites for hydroxylation is 1. The second-order valence-electron chi connectivity index (χ2n) is 4.34. The van der Waals surface area contributed by atoms with Crippen molar-refractivity contribution in [2.24, 2.45) is 5.92 Å². The Kier molecular flexibility index (Phi) is 3.57. The van der Waals surface area contributed by atoms with Crippen LogP contribution in [0.3, 0.4) is 0 Å². The molecule has 0 spiro atoms. The Bertz CT molecular complexity index is 441. The zero-order valence-corrected chi connectivity index (χ0v) is 10.9. The molecule has 1 amide bonds. The molecule has 4 nitrogen and oxygen atoms in total. The molecule has 92 valence electrons. The molecule has 0 aliphatic carbocycles. The van der Waals surface area contributed by atoms with Gasteiger partial charge < -0.3 is 4.90 Å². The van der Waals surface area contributed by atoms with E-state index in [-0.39, 0.29) is 17.6 Å². The fourth-order valence-corrected chi connectivity index (χ4v) is 2.87. The highest BCUT2D eigenvalue weighted by Crippen LogP contribution is 2.21. The minimum atomic E-state index is 0.0147. The smallest absolute Gasteiger partial charge is 0.265 e. The molecule has 1 unspecified atom stereocenters. The van der Waals surface area contributed by atoms with Gasteiger partial charge in [-0.15, -0.1) is 11.3 Å². The lowest BCUT2D eigenvalue weighted by Crippen LogP contribution is -2.43. The molecule has 0 bridgehead atoms. The second kappa shape index (κ2) is 4.96. The van der Waals surface area contributed by atoms with Crippen LogP contribution in [0.15, 0.2) is 5.51 Å². The van der Waals surface area contributed by atoms with Crippen LogP contribution in [-0.4, -0.2) is 34.7 Å². The molecule has 1 aromatic heterocycles. The Labute approximate surface area is 105 Å². The molecule has 2 rings (SSSR count). The largest absolute Gasteiger partial charge is 0.337 e. The SMILES string of the molecule is CCC1CN(C(=O)c2scnc2C)CCC1=O. The van der Waals surface area contributed by atoms with Crippen molar-refractivity contribution in [3.63, 3.8) is 0 Å². The number of piperidine rings is 1. The number of Topliss-reactive ketones (excluding diaryl/α,β-unsaturated/α-hetero) is 1. The summed E-state index contributed by atoms with van der Waals surface area (Å²) in [6, 6.07) is 0. The Hall–Kier alpha value is -1.23. The Balaban J connectivity index is 2.11. The second-order valence-corrected chi connectivity index (χ2v) is 5.19. The molecule has 1 aliphatic heterocycles. The van der Waals surface area contributed by atoms with E-state index in [2.05, 4.69) is 4.98 Å². The number of likely N-dealkylation sites (tertiary alicyclic amines) is 1. The van der Waals surface area contributed by atoms with Crippen molar-refractivity contribution in [1.82, 2.24) is 9.88 Å². The van der Waals surface area contributed by atoms with Crippen molar-refractivity contribution in [1.29, 1.82) is 0 Å². The Morgan fingerprint density at radius 2 is 2.41 bits per heavy atom. The molecular weight excluding hydrogens is 236 g/mol. The first-order valence-electron chi connectivity index (χ1n) is 5.85. The highest BCUT2D eigenvalue weighted by atomic mass is 32.1. The van der Waals surface area contributed by atoms with Crippen molar-refractivity contribution in [2.75, 3.05) is 13.1 Å². The number of rotatable bonds is 2. The molecule has 1 aliphatic rings. The molecule has 0 N–H and O–H groups in total. The molecule has 1 aromatic rings. The van der Waals surface area contributed by atoms with Gasteiger partial charge in [-0.25, -0.2) is 4.98 Å². The highest BCUT2D eigenvalue weighted by Gasteiger charge is 2.30. The number of carbonyl (C=O) groups is 2. The third kappa shape index (κ3) is 2.39. The van der Waals surface area contributed by atoms with Crippen LogP contribution >= 0.6 is 11.3 Å². The van der Waals surface area contributed by atoms with Gasteiger partial charge in [-0.2, -0.15) is 0 Å². The van der Waals surface area contributed by atoms with Crippen LogP contribution in [0.1, 0.15) is 35.1 Å². The highest BCUT2D eigenvalue weighted by molar-refractivity contribution is 7.11. The van der Waals surface area contributed by atoms with Crippen molar-refractivity contribution in [3.8, 4) is 0 Å². The van der Waals surface area contributed by atoms with Gasteiger partial charge in [0, 0.05) is 25.4 Å². The van der Waals surface area contributed by atoms with Gasteiger partial charge in [-0.1, -0.05) is 6.92 Å². The summed E-state index contributed by atoms with van der Waals surface area (Å²) in [4.78, 5) is 30.4. The predicted molar refractivity (Wildman–Crippen MR) is 66.2 cm³/mol. The van der Waals surface area contributed by atoms with Crippen LogP contribution in [0.5, 0.6) is 0 Å². The zero-order chi connectivity index (χ0) is 12.4. The lowest BCUT2D eigenvalue weighted by molar-refractivity contribution is -0.125. The lowest BCUT2D eigenvalue weighted by atomic mass is 9.94. The molecule has 1 atom stereocenters. The molecule has 0 radical (unpaired) electrons. The number of thiazole rings is 1. The lowest BCUT2D eigenvalue weighted by Gasteiger charge is -2.31. The zero-order valence-electron chi connectivity index (χ0n) is 10.1. The standard InChI is InChI=1S/C12H16N2O2S/c1-3-9-6-14(5-4-10(9)15)12(16)11-8(2)13-7-17-11/h7,9H,3-6H2,1-2H3. The molecule has 1 fully saturated rings. The summed E-state index contributed by atoms with van der Waals surface area (Å²) in [6.07, 6.45) is 1.30. The summed E-state index contributed by atoms with van der Waals surface area (Å²) >= 11 is 1.37.